The van der Waals surface area contributed by atoms with E-state index in [1.165, 1.54) is 38.5 Å². The van der Waals surface area contributed by atoms with Crippen LogP contribution in [0.25, 0.3) is 0 Å². The number of piperidine rings is 1. The lowest BCUT2D eigenvalue weighted by Crippen LogP contribution is -2.44. The second-order valence-electron chi connectivity index (χ2n) is 6.37. The lowest BCUT2D eigenvalue weighted by Gasteiger charge is -2.33. The van der Waals surface area contributed by atoms with Crippen molar-refractivity contribution in [1.82, 2.24) is 5.32 Å². The second-order valence-corrected chi connectivity index (χ2v) is 6.37. The first-order chi connectivity index (χ1) is 9.74. The van der Waals surface area contributed by atoms with Crippen LogP contribution in [0.4, 0.5) is 10.1 Å². The van der Waals surface area contributed by atoms with Crippen LogP contribution in [-0.4, -0.2) is 18.6 Å². The summed E-state index contributed by atoms with van der Waals surface area (Å²) in [5.74, 6) is 0.583. The Morgan fingerprint density at radius 2 is 2.05 bits per heavy atom. The highest BCUT2D eigenvalue weighted by Gasteiger charge is 2.34. The van der Waals surface area contributed by atoms with Crippen LogP contribution >= 0.6 is 0 Å². The molecule has 1 aliphatic heterocycles. The van der Waals surface area contributed by atoms with Crippen LogP contribution in [0.2, 0.25) is 0 Å². The first-order valence-corrected chi connectivity index (χ1v) is 8.00. The van der Waals surface area contributed by atoms with Gasteiger partial charge in [-0.1, -0.05) is 18.9 Å². The first-order valence-electron chi connectivity index (χ1n) is 8.00. The minimum absolute atomic E-state index is 0.111. The molecule has 110 valence electrons. The van der Waals surface area contributed by atoms with E-state index >= 15 is 0 Å². The van der Waals surface area contributed by atoms with Gasteiger partial charge in [-0.3, -0.25) is 0 Å². The SMILES string of the molecule is Cc1ccc(NC2CCCC2C2CCCCN2)cc1F. The summed E-state index contributed by atoms with van der Waals surface area (Å²) in [4.78, 5) is 0. The molecule has 1 aliphatic carbocycles. The molecule has 0 aromatic heterocycles. The van der Waals surface area contributed by atoms with Gasteiger partial charge >= 0.3 is 0 Å². The summed E-state index contributed by atoms with van der Waals surface area (Å²) in [6, 6.07) is 6.65. The Balaban J connectivity index is 1.67. The van der Waals surface area contributed by atoms with E-state index in [0.29, 0.717) is 23.6 Å². The van der Waals surface area contributed by atoms with Gasteiger partial charge < -0.3 is 10.6 Å². The Bertz CT molecular complexity index is 454. The van der Waals surface area contributed by atoms with Crippen LogP contribution in [0.1, 0.15) is 44.1 Å². The van der Waals surface area contributed by atoms with Crippen molar-refractivity contribution in [2.75, 3.05) is 11.9 Å². The molecule has 3 unspecified atom stereocenters. The van der Waals surface area contributed by atoms with Crippen molar-refractivity contribution in [3.8, 4) is 0 Å². The van der Waals surface area contributed by atoms with Gasteiger partial charge in [0, 0.05) is 17.8 Å². The third kappa shape index (κ3) is 2.98. The first kappa shape index (κ1) is 13.9. The summed E-state index contributed by atoms with van der Waals surface area (Å²) in [5.41, 5.74) is 1.65. The van der Waals surface area contributed by atoms with Gasteiger partial charge in [0.25, 0.3) is 0 Å². The van der Waals surface area contributed by atoms with Crippen molar-refractivity contribution in [3.63, 3.8) is 0 Å². The van der Waals surface area contributed by atoms with E-state index in [2.05, 4.69) is 10.6 Å². The Morgan fingerprint density at radius 3 is 2.80 bits per heavy atom. The summed E-state index contributed by atoms with van der Waals surface area (Å²) >= 11 is 0. The smallest absolute Gasteiger partial charge is 0.128 e. The Kier molecular flexibility index (Phi) is 4.25. The molecule has 0 amide bonds. The molecule has 3 heteroatoms. The second kappa shape index (κ2) is 6.13. The summed E-state index contributed by atoms with van der Waals surface area (Å²) in [7, 11) is 0. The van der Waals surface area contributed by atoms with Crippen molar-refractivity contribution >= 4 is 5.69 Å². The highest BCUT2D eigenvalue weighted by atomic mass is 19.1. The number of hydrogen-bond donors (Lipinski definition) is 2. The van der Waals surface area contributed by atoms with Gasteiger partial charge in [-0.05, 0) is 62.8 Å². The van der Waals surface area contributed by atoms with Gasteiger partial charge in [0.15, 0.2) is 0 Å². The molecular weight excluding hydrogens is 251 g/mol. The molecule has 2 nitrogen and oxygen atoms in total. The standard InChI is InChI=1S/C17H25FN2/c1-12-8-9-13(11-15(12)18)20-17-7-4-5-14(17)16-6-2-3-10-19-16/h8-9,11,14,16-17,19-20H,2-7,10H2,1H3. The average Bonchev–Trinajstić information content (AvgIpc) is 2.92. The van der Waals surface area contributed by atoms with Gasteiger partial charge in [-0.25, -0.2) is 4.39 Å². The Labute approximate surface area is 121 Å². The molecule has 1 saturated heterocycles. The molecule has 0 radical (unpaired) electrons. The number of hydrogen-bond acceptors (Lipinski definition) is 2. The predicted molar refractivity (Wildman–Crippen MR) is 81.5 cm³/mol. The number of halogens is 1. The lowest BCUT2D eigenvalue weighted by molar-refractivity contribution is 0.286. The summed E-state index contributed by atoms with van der Waals surface area (Å²) in [6.07, 6.45) is 7.74. The monoisotopic (exact) mass is 276 g/mol. The van der Waals surface area contributed by atoms with Gasteiger partial charge in [-0.2, -0.15) is 0 Å². The minimum Gasteiger partial charge on any atom is -0.382 e. The Morgan fingerprint density at radius 1 is 1.15 bits per heavy atom. The van der Waals surface area contributed by atoms with Gasteiger partial charge in [0.05, 0.1) is 0 Å². The number of nitrogens with one attached hydrogen (secondary N) is 2. The maximum Gasteiger partial charge on any atom is 0.128 e. The molecule has 3 rings (SSSR count). The lowest BCUT2D eigenvalue weighted by atomic mass is 9.88. The zero-order valence-electron chi connectivity index (χ0n) is 12.3. The maximum absolute atomic E-state index is 13.7. The molecule has 2 aliphatic rings. The van der Waals surface area contributed by atoms with E-state index in [4.69, 9.17) is 0 Å². The molecule has 20 heavy (non-hydrogen) atoms. The van der Waals surface area contributed by atoms with E-state index in [1.54, 1.807) is 6.07 Å². The van der Waals surface area contributed by atoms with E-state index in [1.807, 2.05) is 19.1 Å². The third-order valence-electron chi connectivity index (χ3n) is 4.96. The number of anilines is 1. The van der Waals surface area contributed by atoms with E-state index in [0.717, 1.165) is 12.2 Å². The largest absolute Gasteiger partial charge is 0.382 e. The van der Waals surface area contributed by atoms with Crippen molar-refractivity contribution in [2.45, 2.75) is 57.5 Å². The molecule has 2 N–H and O–H groups in total. The topological polar surface area (TPSA) is 24.1 Å². The van der Waals surface area contributed by atoms with E-state index < -0.39 is 0 Å². The average molecular weight is 276 g/mol. The van der Waals surface area contributed by atoms with Crippen LogP contribution in [0.15, 0.2) is 18.2 Å². The quantitative estimate of drug-likeness (QED) is 0.876. The van der Waals surface area contributed by atoms with Gasteiger partial charge in [-0.15, -0.1) is 0 Å². The molecule has 1 aromatic rings. The molecule has 0 spiro atoms. The van der Waals surface area contributed by atoms with E-state index in [9.17, 15) is 4.39 Å². The maximum atomic E-state index is 13.7. The number of rotatable bonds is 3. The fraction of sp³-hybridized carbons (Fsp3) is 0.647. The summed E-state index contributed by atoms with van der Waals surface area (Å²) < 4.78 is 13.7. The zero-order chi connectivity index (χ0) is 13.9. The van der Waals surface area contributed by atoms with Crippen LogP contribution < -0.4 is 10.6 Å². The molecule has 3 atom stereocenters. The fourth-order valence-corrected chi connectivity index (χ4v) is 3.79. The summed E-state index contributed by atoms with van der Waals surface area (Å²) in [6.45, 7) is 2.97. The number of benzene rings is 1. The van der Waals surface area contributed by atoms with Crippen molar-refractivity contribution in [3.05, 3.63) is 29.6 Å². The van der Waals surface area contributed by atoms with Crippen LogP contribution in [0.5, 0.6) is 0 Å². The fourth-order valence-electron chi connectivity index (χ4n) is 3.79. The summed E-state index contributed by atoms with van der Waals surface area (Å²) in [5, 5.41) is 7.26. The highest BCUT2D eigenvalue weighted by molar-refractivity contribution is 5.46. The van der Waals surface area contributed by atoms with Gasteiger partial charge in [0.2, 0.25) is 0 Å². The van der Waals surface area contributed by atoms with Crippen LogP contribution in [-0.2, 0) is 0 Å². The minimum atomic E-state index is -0.111. The Hall–Kier alpha value is -1.09. The normalized spacial score (nSPS) is 30.4. The van der Waals surface area contributed by atoms with Crippen molar-refractivity contribution in [2.24, 2.45) is 5.92 Å². The highest BCUT2D eigenvalue weighted by Crippen LogP contribution is 2.33. The molecule has 1 heterocycles. The van der Waals surface area contributed by atoms with Crippen molar-refractivity contribution < 1.29 is 4.39 Å². The van der Waals surface area contributed by atoms with Gasteiger partial charge in [0.1, 0.15) is 5.82 Å². The third-order valence-corrected chi connectivity index (χ3v) is 4.96. The zero-order valence-corrected chi connectivity index (χ0v) is 12.3. The molecular formula is C17H25FN2. The van der Waals surface area contributed by atoms with E-state index in [-0.39, 0.29) is 5.82 Å². The predicted octanol–water partition coefficient (Wildman–Crippen LogP) is 3.86. The van der Waals surface area contributed by atoms with Crippen LogP contribution in [0, 0.1) is 18.7 Å². The molecule has 1 saturated carbocycles. The van der Waals surface area contributed by atoms with Crippen LogP contribution in [0.3, 0.4) is 0 Å². The molecule has 2 fully saturated rings. The van der Waals surface area contributed by atoms with Crippen molar-refractivity contribution in [1.29, 1.82) is 0 Å². The molecule has 1 aromatic carbocycles. The number of aryl methyl sites for hydroxylation is 1. The molecule has 0 bridgehead atoms.